The van der Waals surface area contributed by atoms with E-state index < -0.39 is 6.04 Å². The third-order valence-electron chi connectivity index (χ3n) is 5.51. The average molecular weight is 342 g/mol. The SMILES string of the molecule is Cc1ccc(C(C(=O)NC2CCCCC2)N2CCCCCC2=O)cc1. The maximum Gasteiger partial charge on any atom is 0.247 e. The van der Waals surface area contributed by atoms with Crippen molar-refractivity contribution >= 4 is 11.8 Å². The minimum absolute atomic E-state index is 0.00833. The number of rotatable bonds is 4. The van der Waals surface area contributed by atoms with Crippen molar-refractivity contribution in [3.05, 3.63) is 35.4 Å². The molecule has 4 nitrogen and oxygen atoms in total. The molecule has 0 aromatic heterocycles. The molecule has 2 aliphatic rings. The number of amides is 2. The lowest BCUT2D eigenvalue weighted by molar-refractivity contribution is -0.140. The molecule has 1 aliphatic heterocycles. The molecular weight excluding hydrogens is 312 g/mol. The number of carbonyl (C=O) groups excluding carboxylic acids is 2. The van der Waals surface area contributed by atoms with Gasteiger partial charge < -0.3 is 10.2 Å². The summed E-state index contributed by atoms with van der Waals surface area (Å²) in [6.45, 7) is 2.72. The highest BCUT2D eigenvalue weighted by Crippen LogP contribution is 2.27. The van der Waals surface area contributed by atoms with Crippen LogP contribution < -0.4 is 5.32 Å². The van der Waals surface area contributed by atoms with Crippen LogP contribution >= 0.6 is 0 Å². The van der Waals surface area contributed by atoms with Gasteiger partial charge in [-0.3, -0.25) is 9.59 Å². The van der Waals surface area contributed by atoms with Crippen molar-refractivity contribution in [1.29, 1.82) is 0 Å². The summed E-state index contributed by atoms with van der Waals surface area (Å²) in [6.07, 6.45) is 9.27. The van der Waals surface area contributed by atoms with Gasteiger partial charge in [-0.15, -0.1) is 0 Å². The van der Waals surface area contributed by atoms with Crippen LogP contribution in [0.15, 0.2) is 24.3 Å². The summed E-state index contributed by atoms with van der Waals surface area (Å²) in [4.78, 5) is 27.6. The second-order valence-electron chi connectivity index (χ2n) is 7.55. The normalized spacial score (nSPS) is 20.8. The maximum absolute atomic E-state index is 13.1. The predicted octanol–water partition coefficient (Wildman–Crippen LogP) is 3.89. The third kappa shape index (κ3) is 4.62. The Morgan fingerprint density at radius 1 is 1.04 bits per heavy atom. The third-order valence-corrected chi connectivity index (χ3v) is 5.51. The molecule has 1 aliphatic carbocycles. The van der Waals surface area contributed by atoms with Gasteiger partial charge in [0.05, 0.1) is 0 Å². The molecule has 1 saturated carbocycles. The van der Waals surface area contributed by atoms with Gasteiger partial charge >= 0.3 is 0 Å². The summed E-state index contributed by atoms with van der Waals surface area (Å²) in [5.74, 6) is 0.105. The first-order valence-corrected chi connectivity index (χ1v) is 9.81. The van der Waals surface area contributed by atoms with E-state index in [1.165, 1.54) is 19.3 Å². The zero-order chi connectivity index (χ0) is 17.6. The topological polar surface area (TPSA) is 49.4 Å². The lowest BCUT2D eigenvalue weighted by Crippen LogP contribution is -2.47. The molecule has 1 aromatic rings. The Kier molecular flexibility index (Phi) is 6.11. The van der Waals surface area contributed by atoms with E-state index >= 15 is 0 Å². The molecule has 0 bridgehead atoms. The fourth-order valence-electron chi connectivity index (χ4n) is 4.03. The molecule has 136 valence electrons. The van der Waals surface area contributed by atoms with E-state index in [4.69, 9.17) is 0 Å². The Hall–Kier alpha value is -1.84. The zero-order valence-corrected chi connectivity index (χ0v) is 15.3. The van der Waals surface area contributed by atoms with Gasteiger partial charge in [-0.2, -0.15) is 0 Å². The van der Waals surface area contributed by atoms with Gasteiger partial charge in [0.25, 0.3) is 0 Å². The first kappa shape index (κ1) is 18.0. The fraction of sp³-hybridized carbons (Fsp3) is 0.619. The first-order chi connectivity index (χ1) is 12.1. The van der Waals surface area contributed by atoms with Crippen molar-refractivity contribution < 1.29 is 9.59 Å². The molecular formula is C21H30N2O2. The van der Waals surface area contributed by atoms with Gasteiger partial charge in [0, 0.05) is 19.0 Å². The Bertz CT molecular complexity index is 590. The molecule has 1 aromatic carbocycles. The smallest absolute Gasteiger partial charge is 0.247 e. The van der Waals surface area contributed by atoms with Crippen LogP contribution in [0.2, 0.25) is 0 Å². The molecule has 1 heterocycles. The van der Waals surface area contributed by atoms with Gasteiger partial charge in [-0.1, -0.05) is 55.5 Å². The van der Waals surface area contributed by atoms with Crippen LogP contribution in [0, 0.1) is 6.92 Å². The van der Waals surface area contributed by atoms with Gasteiger partial charge in [-0.25, -0.2) is 0 Å². The lowest BCUT2D eigenvalue weighted by atomic mass is 9.94. The maximum atomic E-state index is 13.1. The highest BCUT2D eigenvalue weighted by molar-refractivity contribution is 5.89. The van der Waals surface area contributed by atoms with Crippen LogP contribution in [-0.2, 0) is 9.59 Å². The van der Waals surface area contributed by atoms with Crippen LogP contribution in [0.5, 0.6) is 0 Å². The van der Waals surface area contributed by atoms with E-state index in [9.17, 15) is 9.59 Å². The van der Waals surface area contributed by atoms with Gasteiger partial charge in [0.1, 0.15) is 6.04 Å². The Morgan fingerprint density at radius 3 is 2.44 bits per heavy atom. The molecule has 2 amide bonds. The summed E-state index contributed by atoms with van der Waals surface area (Å²) < 4.78 is 0. The second kappa shape index (κ2) is 8.50. The molecule has 0 spiro atoms. The summed E-state index contributed by atoms with van der Waals surface area (Å²) in [5.41, 5.74) is 2.09. The summed E-state index contributed by atoms with van der Waals surface area (Å²) >= 11 is 0. The standard InChI is InChI=1S/C21H30N2O2/c1-16-11-13-17(14-12-16)20(23-15-7-3-6-10-19(23)24)21(25)22-18-8-4-2-5-9-18/h11-14,18,20H,2-10,15H2,1H3,(H,22,25). The minimum Gasteiger partial charge on any atom is -0.351 e. The summed E-state index contributed by atoms with van der Waals surface area (Å²) in [7, 11) is 0. The zero-order valence-electron chi connectivity index (χ0n) is 15.3. The van der Waals surface area contributed by atoms with Crippen molar-refractivity contribution in [3.8, 4) is 0 Å². The number of nitrogens with zero attached hydrogens (tertiary/aromatic N) is 1. The van der Waals surface area contributed by atoms with Crippen molar-refractivity contribution in [2.45, 2.75) is 76.8 Å². The molecule has 0 radical (unpaired) electrons. The van der Waals surface area contributed by atoms with E-state index in [-0.39, 0.29) is 17.9 Å². The first-order valence-electron chi connectivity index (χ1n) is 9.81. The summed E-state index contributed by atoms with van der Waals surface area (Å²) in [5, 5.41) is 3.24. The Morgan fingerprint density at radius 2 is 1.72 bits per heavy atom. The van der Waals surface area contributed by atoms with E-state index in [1.54, 1.807) is 0 Å². The van der Waals surface area contributed by atoms with Crippen molar-refractivity contribution in [1.82, 2.24) is 10.2 Å². The van der Waals surface area contributed by atoms with E-state index in [0.717, 1.165) is 43.2 Å². The Labute approximate surface area is 151 Å². The number of carbonyl (C=O) groups is 2. The molecule has 3 rings (SSSR count). The fourth-order valence-corrected chi connectivity index (χ4v) is 4.03. The Balaban J connectivity index is 1.83. The van der Waals surface area contributed by atoms with E-state index in [1.807, 2.05) is 36.1 Å². The molecule has 25 heavy (non-hydrogen) atoms. The van der Waals surface area contributed by atoms with E-state index in [2.05, 4.69) is 5.32 Å². The van der Waals surface area contributed by atoms with E-state index in [0.29, 0.717) is 13.0 Å². The number of hydrogen-bond donors (Lipinski definition) is 1. The highest BCUT2D eigenvalue weighted by Gasteiger charge is 2.33. The number of likely N-dealkylation sites (tertiary alicyclic amines) is 1. The second-order valence-corrected chi connectivity index (χ2v) is 7.55. The average Bonchev–Trinajstić information content (AvgIpc) is 2.83. The van der Waals surface area contributed by atoms with Crippen LogP contribution in [0.4, 0.5) is 0 Å². The molecule has 1 atom stereocenters. The van der Waals surface area contributed by atoms with Crippen LogP contribution in [0.25, 0.3) is 0 Å². The molecule has 4 heteroatoms. The van der Waals surface area contributed by atoms with Gasteiger partial charge in [0.2, 0.25) is 11.8 Å². The van der Waals surface area contributed by atoms with Crippen LogP contribution in [0.3, 0.4) is 0 Å². The molecule has 1 unspecified atom stereocenters. The quantitative estimate of drug-likeness (QED) is 0.902. The minimum atomic E-state index is -0.492. The highest BCUT2D eigenvalue weighted by atomic mass is 16.2. The van der Waals surface area contributed by atoms with Crippen LogP contribution in [-0.4, -0.2) is 29.3 Å². The van der Waals surface area contributed by atoms with Crippen molar-refractivity contribution in [2.24, 2.45) is 0 Å². The van der Waals surface area contributed by atoms with Crippen LogP contribution in [0.1, 0.15) is 75.0 Å². The molecule has 2 fully saturated rings. The monoisotopic (exact) mass is 342 g/mol. The number of hydrogen-bond acceptors (Lipinski definition) is 2. The number of aryl methyl sites for hydroxylation is 1. The molecule has 1 N–H and O–H groups in total. The number of benzene rings is 1. The molecule has 1 saturated heterocycles. The predicted molar refractivity (Wildman–Crippen MR) is 99.1 cm³/mol. The van der Waals surface area contributed by atoms with Gasteiger partial charge in [0.15, 0.2) is 0 Å². The lowest BCUT2D eigenvalue weighted by Gasteiger charge is -2.32. The summed E-state index contributed by atoms with van der Waals surface area (Å²) in [6, 6.07) is 7.82. The van der Waals surface area contributed by atoms with Crippen molar-refractivity contribution in [3.63, 3.8) is 0 Å². The van der Waals surface area contributed by atoms with Gasteiger partial charge in [-0.05, 0) is 38.2 Å². The largest absolute Gasteiger partial charge is 0.351 e. The number of nitrogens with one attached hydrogen (secondary N) is 1. The van der Waals surface area contributed by atoms with Crippen molar-refractivity contribution in [2.75, 3.05) is 6.54 Å².